The first-order chi connectivity index (χ1) is 14.8. The van der Waals surface area contributed by atoms with Crippen molar-refractivity contribution in [2.24, 2.45) is 5.92 Å². The molecule has 0 N–H and O–H groups in total. The van der Waals surface area contributed by atoms with Gasteiger partial charge in [-0.25, -0.2) is 4.79 Å². The van der Waals surface area contributed by atoms with Crippen LogP contribution in [0.1, 0.15) is 39.2 Å². The second-order valence-electron chi connectivity index (χ2n) is 9.63. The first-order valence-electron chi connectivity index (χ1n) is 11.4. The van der Waals surface area contributed by atoms with Crippen LogP contribution in [-0.4, -0.2) is 84.7 Å². The minimum atomic E-state index is -0.425. The minimum Gasteiger partial charge on any atom is -0.459 e. The average molecular weight is 432 g/mol. The smallest absolute Gasteiger partial charge is 0.410 e. The molecule has 172 valence electrons. The van der Waals surface area contributed by atoms with E-state index in [9.17, 15) is 9.59 Å². The molecule has 1 aromatic rings. The van der Waals surface area contributed by atoms with Crippen molar-refractivity contribution in [3.05, 3.63) is 35.9 Å². The van der Waals surface area contributed by atoms with Gasteiger partial charge in [0.2, 0.25) is 0 Å². The number of hydrogen-bond donors (Lipinski definition) is 0. The van der Waals surface area contributed by atoms with E-state index in [0.717, 1.165) is 51.1 Å². The number of rotatable bonds is 6. The SMILES string of the molecule is CC(C)(C)OC(=O)CN1CCC(CN2CCN(C(=O)OCc3ccccc3)CC2)CC1. The van der Waals surface area contributed by atoms with Gasteiger partial charge in [0.05, 0.1) is 6.54 Å². The van der Waals surface area contributed by atoms with Gasteiger partial charge in [-0.1, -0.05) is 30.3 Å². The van der Waals surface area contributed by atoms with E-state index >= 15 is 0 Å². The lowest BCUT2D eigenvalue weighted by Gasteiger charge is -2.38. The maximum atomic E-state index is 12.3. The van der Waals surface area contributed by atoms with E-state index in [1.54, 1.807) is 0 Å². The summed E-state index contributed by atoms with van der Waals surface area (Å²) >= 11 is 0. The molecule has 0 aliphatic carbocycles. The number of amides is 1. The molecule has 7 heteroatoms. The van der Waals surface area contributed by atoms with E-state index < -0.39 is 5.60 Å². The Morgan fingerprint density at radius 2 is 1.58 bits per heavy atom. The van der Waals surface area contributed by atoms with Gasteiger partial charge in [0, 0.05) is 32.7 Å². The molecule has 0 unspecified atom stereocenters. The Labute approximate surface area is 186 Å². The summed E-state index contributed by atoms with van der Waals surface area (Å²) in [5, 5.41) is 0. The van der Waals surface area contributed by atoms with Crippen molar-refractivity contribution in [1.82, 2.24) is 14.7 Å². The molecule has 2 saturated heterocycles. The van der Waals surface area contributed by atoms with Gasteiger partial charge in [0.1, 0.15) is 12.2 Å². The standard InChI is InChI=1S/C24H37N3O4/c1-24(2,3)31-22(28)18-25-11-9-20(10-12-25)17-26-13-15-27(16-14-26)23(29)30-19-21-7-5-4-6-8-21/h4-8,20H,9-19H2,1-3H3. The lowest BCUT2D eigenvalue weighted by Crippen LogP contribution is -2.50. The Balaban J connectivity index is 1.31. The van der Waals surface area contributed by atoms with Crippen LogP contribution in [0.2, 0.25) is 0 Å². The van der Waals surface area contributed by atoms with Crippen LogP contribution in [0.25, 0.3) is 0 Å². The van der Waals surface area contributed by atoms with Crippen molar-refractivity contribution in [1.29, 1.82) is 0 Å². The Morgan fingerprint density at radius 1 is 0.935 bits per heavy atom. The molecule has 0 atom stereocenters. The van der Waals surface area contributed by atoms with Gasteiger partial charge in [-0.15, -0.1) is 0 Å². The van der Waals surface area contributed by atoms with E-state index in [0.29, 0.717) is 32.2 Å². The second-order valence-corrected chi connectivity index (χ2v) is 9.63. The third kappa shape index (κ3) is 8.15. The molecule has 0 saturated carbocycles. The van der Waals surface area contributed by atoms with Gasteiger partial charge in [-0.05, 0) is 58.2 Å². The summed E-state index contributed by atoms with van der Waals surface area (Å²) in [6.07, 6.45) is 1.98. The van der Waals surface area contributed by atoms with Crippen LogP contribution in [-0.2, 0) is 20.9 Å². The number of hydrogen-bond acceptors (Lipinski definition) is 6. The van der Waals surface area contributed by atoms with Crippen molar-refractivity contribution in [2.45, 2.75) is 45.8 Å². The summed E-state index contributed by atoms with van der Waals surface area (Å²) in [5.41, 5.74) is 0.582. The highest BCUT2D eigenvalue weighted by Crippen LogP contribution is 2.20. The highest BCUT2D eigenvalue weighted by molar-refractivity contribution is 5.72. The minimum absolute atomic E-state index is 0.138. The number of esters is 1. The molecule has 1 aromatic carbocycles. The molecule has 7 nitrogen and oxygen atoms in total. The maximum Gasteiger partial charge on any atom is 0.410 e. The van der Waals surface area contributed by atoms with Crippen molar-refractivity contribution < 1.29 is 19.1 Å². The zero-order valence-electron chi connectivity index (χ0n) is 19.2. The molecular weight excluding hydrogens is 394 g/mol. The van der Waals surface area contributed by atoms with Gasteiger partial charge >= 0.3 is 12.1 Å². The van der Waals surface area contributed by atoms with Crippen LogP contribution in [0.3, 0.4) is 0 Å². The molecule has 1 amide bonds. The summed E-state index contributed by atoms with van der Waals surface area (Å²) < 4.78 is 10.9. The van der Waals surface area contributed by atoms with Gasteiger partial charge in [-0.2, -0.15) is 0 Å². The number of piperazine rings is 1. The molecule has 0 aromatic heterocycles. The fraction of sp³-hybridized carbons (Fsp3) is 0.667. The van der Waals surface area contributed by atoms with Crippen LogP contribution in [0.4, 0.5) is 4.79 Å². The Kier molecular flexibility index (Phi) is 8.32. The lowest BCUT2D eigenvalue weighted by molar-refractivity contribution is -0.156. The Morgan fingerprint density at radius 3 is 2.19 bits per heavy atom. The third-order valence-corrected chi connectivity index (χ3v) is 5.83. The fourth-order valence-corrected chi connectivity index (χ4v) is 4.17. The average Bonchev–Trinajstić information content (AvgIpc) is 2.73. The number of ether oxygens (including phenoxy) is 2. The largest absolute Gasteiger partial charge is 0.459 e. The quantitative estimate of drug-likeness (QED) is 0.646. The Hall–Kier alpha value is -2.12. The van der Waals surface area contributed by atoms with E-state index in [-0.39, 0.29) is 12.1 Å². The van der Waals surface area contributed by atoms with E-state index in [1.807, 2.05) is 56.0 Å². The van der Waals surface area contributed by atoms with Crippen molar-refractivity contribution >= 4 is 12.1 Å². The topological polar surface area (TPSA) is 62.3 Å². The predicted octanol–water partition coefficient (Wildman–Crippen LogP) is 2.99. The molecule has 31 heavy (non-hydrogen) atoms. The molecule has 2 heterocycles. The van der Waals surface area contributed by atoms with Gasteiger partial charge in [0.25, 0.3) is 0 Å². The van der Waals surface area contributed by atoms with Gasteiger partial charge in [-0.3, -0.25) is 14.6 Å². The van der Waals surface area contributed by atoms with Crippen LogP contribution in [0.5, 0.6) is 0 Å². The van der Waals surface area contributed by atoms with Crippen LogP contribution in [0.15, 0.2) is 30.3 Å². The number of likely N-dealkylation sites (tertiary alicyclic amines) is 1. The first-order valence-corrected chi connectivity index (χ1v) is 11.4. The monoisotopic (exact) mass is 431 g/mol. The maximum absolute atomic E-state index is 12.3. The summed E-state index contributed by atoms with van der Waals surface area (Å²) in [4.78, 5) is 30.8. The number of carbonyl (C=O) groups excluding carboxylic acids is 2. The summed E-state index contributed by atoms with van der Waals surface area (Å²) in [6, 6.07) is 9.78. The van der Waals surface area contributed by atoms with Crippen LogP contribution < -0.4 is 0 Å². The van der Waals surface area contributed by atoms with Crippen LogP contribution in [0, 0.1) is 5.92 Å². The van der Waals surface area contributed by atoms with Gasteiger partial charge in [0.15, 0.2) is 0 Å². The van der Waals surface area contributed by atoms with Gasteiger partial charge < -0.3 is 14.4 Å². The zero-order valence-corrected chi connectivity index (χ0v) is 19.2. The Bertz CT molecular complexity index is 703. The summed E-state index contributed by atoms with van der Waals surface area (Å²) in [5.74, 6) is 0.507. The molecule has 3 rings (SSSR count). The molecule has 0 radical (unpaired) electrons. The van der Waals surface area contributed by atoms with E-state index in [2.05, 4.69) is 9.80 Å². The first kappa shape index (κ1) is 23.5. The van der Waals surface area contributed by atoms with Crippen molar-refractivity contribution in [3.63, 3.8) is 0 Å². The summed E-state index contributed by atoms with van der Waals surface area (Å²) in [6.45, 7) is 12.6. The fourth-order valence-electron chi connectivity index (χ4n) is 4.17. The van der Waals surface area contributed by atoms with Crippen LogP contribution >= 0.6 is 0 Å². The number of piperidine rings is 1. The molecule has 2 aliphatic rings. The third-order valence-electron chi connectivity index (χ3n) is 5.83. The molecule has 0 spiro atoms. The highest BCUT2D eigenvalue weighted by atomic mass is 16.6. The number of carbonyl (C=O) groups is 2. The highest BCUT2D eigenvalue weighted by Gasteiger charge is 2.27. The molecule has 2 aliphatic heterocycles. The molecule has 2 fully saturated rings. The van der Waals surface area contributed by atoms with Crippen molar-refractivity contribution in [3.8, 4) is 0 Å². The van der Waals surface area contributed by atoms with Crippen molar-refractivity contribution in [2.75, 3.05) is 52.4 Å². The molecular formula is C24H37N3O4. The second kappa shape index (κ2) is 11.0. The zero-order chi connectivity index (χ0) is 22.3. The molecule has 0 bridgehead atoms. The van der Waals surface area contributed by atoms with E-state index in [4.69, 9.17) is 9.47 Å². The number of benzene rings is 1. The number of nitrogens with zero attached hydrogens (tertiary/aromatic N) is 3. The lowest BCUT2D eigenvalue weighted by atomic mass is 9.96. The van der Waals surface area contributed by atoms with E-state index in [1.165, 1.54) is 0 Å². The normalized spacial score (nSPS) is 19.3. The summed E-state index contributed by atoms with van der Waals surface area (Å²) in [7, 11) is 0. The predicted molar refractivity (Wildman–Crippen MR) is 120 cm³/mol.